The molecular weight excluding hydrogens is 202 g/mol. The zero-order chi connectivity index (χ0) is 8.39. The summed E-state index contributed by atoms with van der Waals surface area (Å²) in [7, 11) is 0. The molecule has 0 atom stereocenters. The summed E-state index contributed by atoms with van der Waals surface area (Å²) in [6, 6.07) is 8.47. The Morgan fingerprint density at radius 3 is 2.85 bits per heavy atom. The predicted octanol–water partition coefficient (Wildman–Crippen LogP) is 3.75. The summed E-state index contributed by atoms with van der Waals surface area (Å²) >= 11 is 1.79. The van der Waals surface area contributed by atoms with Crippen LogP contribution < -0.4 is 5.32 Å². The van der Waals surface area contributed by atoms with Gasteiger partial charge in [0.1, 0.15) is 0 Å². The molecule has 70 valence electrons. The zero-order valence-corrected chi connectivity index (χ0v) is 9.04. The summed E-state index contributed by atoms with van der Waals surface area (Å²) in [5, 5.41) is 6.85. The van der Waals surface area contributed by atoms with E-state index < -0.39 is 0 Å². The van der Waals surface area contributed by atoms with Gasteiger partial charge in [0.05, 0.1) is 5.69 Å². The minimum Gasteiger partial charge on any atom is -0.384 e. The van der Waals surface area contributed by atoms with Gasteiger partial charge >= 0.3 is 0 Å². The Morgan fingerprint density at radius 1 is 1.31 bits per heavy atom. The number of hydrogen-bond donors (Lipinski definition) is 1. The third-order valence-electron chi connectivity index (χ3n) is 1.85. The highest BCUT2D eigenvalue weighted by atomic mass is 35.5. The first kappa shape index (κ1) is 10.4. The first-order valence-corrected chi connectivity index (χ1v) is 5.00. The maximum Gasteiger partial charge on any atom is 0.0528 e. The molecule has 0 amide bonds. The van der Waals surface area contributed by atoms with E-state index in [1.165, 1.54) is 15.8 Å². The lowest BCUT2D eigenvalue weighted by molar-refractivity contribution is 1.22. The van der Waals surface area contributed by atoms with E-state index in [0.717, 1.165) is 6.54 Å². The smallest absolute Gasteiger partial charge is 0.0528 e. The van der Waals surface area contributed by atoms with Crippen LogP contribution in [-0.2, 0) is 0 Å². The Morgan fingerprint density at radius 2 is 2.08 bits per heavy atom. The second-order valence-corrected chi connectivity index (χ2v) is 3.59. The molecule has 2 aromatic rings. The van der Waals surface area contributed by atoms with Crippen molar-refractivity contribution < 1.29 is 0 Å². The summed E-state index contributed by atoms with van der Waals surface area (Å²) in [6.07, 6.45) is 0. The molecule has 0 spiro atoms. The monoisotopic (exact) mass is 213 g/mol. The van der Waals surface area contributed by atoms with Crippen molar-refractivity contribution in [1.29, 1.82) is 0 Å². The van der Waals surface area contributed by atoms with Gasteiger partial charge in [0.25, 0.3) is 0 Å². The van der Waals surface area contributed by atoms with Gasteiger partial charge in [-0.25, -0.2) is 0 Å². The van der Waals surface area contributed by atoms with Crippen LogP contribution in [0.5, 0.6) is 0 Å². The molecular formula is C10H12ClNS. The molecule has 0 aliphatic rings. The molecule has 1 aromatic heterocycles. The zero-order valence-electron chi connectivity index (χ0n) is 7.41. The van der Waals surface area contributed by atoms with Gasteiger partial charge in [0.15, 0.2) is 0 Å². The normalized spacial score (nSPS) is 9.62. The molecule has 2 rings (SSSR count). The van der Waals surface area contributed by atoms with E-state index in [-0.39, 0.29) is 12.4 Å². The Kier molecular flexibility index (Phi) is 3.58. The van der Waals surface area contributed by atoms with E-state index >= 15 is 0 Å². The lowest BCUT2D eigenvalue weighted by Gasteiger charge is -1.98. The number of thiophene rings is 1. The number of halogens is 1. The standard InChI is InChI=1S/C10H11NS.ClH/c1-2-11-9-7-12-10-6-4-3-5-8(9)10;/h3-7,11H,2H2,1H3;1H. The van der Waals surface area contributed by atoms with E-state index in [9.17, 15) is 0 Å². The van der Waals surface area contributed by atoms with Crippen molar-refractivity contribution >= 4 is 39.5 Å². The molecule has 3 heteroatoms. The van der Waals surface area contributed by atoms with Crippen LogP contribution in [0.25, 0.3) is 10.1 Å². The van der Waals surface area contributed by atoms with E-state index in [1.807, 2.05) is 0 Å². The Hall–Kier alpha value is -0.730. The number of benzene rings is 1. The largest absolute Gasteiger partial charge is 0.384 e. The maximum atomic E-state index is 3.34. The van der Waals surface area contributed by atoms with Gasteiger partial charge in [0, 0.05) is 22.0 Å². The van der Waals surface area contributed by atoms with Crippen molar-refractivity contribution in [1.82, 2.24) is 0 Å². The van der Waals surface area contributed by atoms with Gasteiger partial charge < -0.3 is 5.32 Å². The molecule has 0 saturated carbocycles. The van der Waals surface area contributed by atoms with Crippen LogP contribution in [0.1, 0.15) is 6.92 Å². The quantitative estimate of drug-likeness (QED) is 0.801. The molecule has 1 N–H and O–H groups in total. The van der Waals surface area contributed by atoms with Crippen LogP contribution in [0.3, 0.4) is 0 Å². The molecule has 1 aromatic carbocycles. The Balaban J connectivity index is 0.000000845. The van der Waals surface area contributed by atoms with Gasteiger partial charge in [-0.3, -0.25) is 0 Å². The SMILES string of the molecule is CCNc1csc2ccccc12.Cl. The van der Waals surface area contributed by atoms with Crippen LogP contribution in [0.2, 0.25) is 0 Å². The van der Waals surface area contributed by atoms with Crippen molar-refractivity contribution in [3.8, 4) is 0 Å². The van der Waals surface area contributed by atoms with Crippen molar-refractivity contribution in [3.05, 3.63) is 29.6 Å². The van der Waals surface area contributed by atoms with Crippen LogP contribution in [-0.4, -0.2) is 6.54 Å². The highest BCUT2D eigenvalue weighted by Gasteiger charge is 1.99. The van der Waals surface area contributed by atoms with Gasteiger partial charge in [-0.1, -0.05) is 18.2 Å². The molecule has 0 radical (unpaired) electrons. The average molecular weight is 214 g/mol. The first-order chi connectivity index (χ1) is 5.92. The number of anilines is 1. The Labute approximate surface area is 88.2 Å². The lowest BCUT2D eigenvalue weighted by atomic mass is 10.2. The fraction of sp³-hybridized carbons (Fsp3) is 0.200. The van der Waals surface area contributed by atoms with Crippen molar-refractivity contribution in [2.24, 2.45) is 0 Å². The third kappa shape index (κ3) is 1.95. The molecule has 0 aliphatic heterocycles. The van der Waals surface area contributed by atoms with Crippen LogP contribution >= 0.6 is 23.7 Å². The second-order valence-electron chi connectivity index (χ2n) is 2.68. The second kappa shape index (κ2) is 4.49. The van der Waals surface area contributed by atoms with E-state index in [0.29, 0.717) is 0 Å². The van der Waals surface area contributed by atoms with Crippen LogP contribution in [0.4, 0.5) is 5.69 Å². The van der Waals surface area contributed by atoms with Gasteiger partial charge in [0.2, 0.25) is 0 Å². The summed E-state index contributed by atoms with van der Waals surface area (Å²) in [5.41, 5.74) is 1.26. The highest BCUT2D eigenvalue weighted by Crippen LogP contribution is 2.29. The van der Waals surface area contributed by atoms with Crippen molar-refractivity contribution in [3.63, 3.8) is 0 Å². The molecule has 0 unspecified atom stereocenters. The first-order valence-electron chi connectivity index (χ1n) is 4.12. The van der Waals surface area contributed by atoms with Crippen LogP contribution in [0, 0.1) is 0 Å². The predicted molar refractivity (Wildman–Crippen MR) is 63.2 cm³/mol. The minimum absolute atomic E-state index is 0. The minimum atomic E-state index is 0. The molecule has 0 aliphatic carbocycles. The summed E-state index contributed by atoms with van der Waals surface area (Å²) in [4.78, 5) is 0. The van der Waals surface area contributed by atoms with Crippen molar-refractivity contribution in [2.45, 2.75) is 6.92 Å². The molecule has 0 saturated heterocycles. The van der Waals surface area contributed by atoms with Crippen molar-refractivity contribution in [2.75, 3.05) is 11.9 Å². The number of hydrogen-bond acceptors (Lipinski definition) is 2. The molecule has 13 heavy (non-hydrogen) atoms. The number of rotatable bonds is 2. The maximum absolute atomic E-state index is 3.34. The molecule has 1 nitrogen and oxygen atoms in total. The summed E-state index contributed by atoms with van der Waals surface area (Å²) in [5.74, 6) is 0. The third-order valence-corrected chi connectivity index (χ3v) is 2.81. The van der Waals surface area contributed by atoms with Gasteiger partial charge in [-0.05, 0) is 13.0 Å². The molecule has 0 fully saturated rings. The Bertz CT molecular complexity index is 383. The van der Waals surface area contributed by atoms with Gasteiger partial charge in [-0.15, -0.1) is 23.7 Å². The number of fused-ring (bicyclic) bond motifs is 1. The molecule has 0 bridgehead atoms. The van der Waals surface area contributed by atoms with E-state index in [1.54, 1.807) is 11.3 Å². The lowest BCUT2D eigenvalue weighted by Crippen LogP contribution is -1.94. The summed E-state index contributed by atoms with van der Waals surface area (Å²) < 4.78 is 1.36. The number of nitrogens with one attached hydrogen (secondary N) is 1. The van der Waals surface area contributed by atoms with Crippen LogP contribution in [0.15, 0.2) is 29.6 Å². The topological polar surface area (TPSA) is 12.0 Å². The average Bonchev–Trinajstić information content (AvgIpc) is 2.50. The fourth-order valence-corrected chi connectivity index (χ4v) is 2.22. The molecule has 1 heterocycles. The highest BCUT2D eigenvalue weighted by molar-refractivity contribution is 7.17. The fourth-order valence-electron chi connectivity index (χ4n) is 1.31. The van der Waals surface area contributed by atoms with E-state index in [4.69, 9.17) is 0 Å². The summed E-state index contributed by atoms with van der Waals surface area (Å²) in [6.45, 7) is 3.10. The van der Waals surface area contributed by atoms with E-state index in [2.05, 4.69) is 41.9 Å². The van der Waals surface area contributed by atoms with Gasteiger partial charge in [-0.2, -0.15) is 0 Å².